The molecule has 1 saturated heterocycles. The van der Waals surface area contributed by atoms with Gasteiger partial charge in [0, 0.05) is 37.3 Å². The summed E-state index contributed by atoms with van der Waals surface area (Å²) in [7, 11) is 4.95. The molecule has 2 atom stereocenters. The van der Waals surface area contributed by atoms with Crippen molar-refractivity contribution in [3.05, 3.63) is 17.7 Å². The summed E-state index contributed by atoms with van der Waals surface area (Å²) in [6.07, 6.45) is 1.10. The second-order valence-corrected chi connectivity index (χ2v) is 5.81. The van der Waals surface area contributed by atoms with Gasteiger partial charge in [-0.05, 0) is 18.4 Å². The van der Waals surface area contributed by atoms with Crippen LogP contribution in [0.25, 0.3) is 0 Å². The average Bonchev–Trinajstić information content (AvgIpc) is 2.45. The number of benzene rings is 1. The highest BCUT2D eigenvalue weighted by Crippen LogP contribution is 2.35. The minimum absolute atomic E-state index is 0.250. The van der Waals surface area contributed by atoms with Gasteiger partial charge in [0.1, 0.15) is 5.75 Å². The Kier molecular flexibility index (Phi) is 5.31. The number of piperidine rings is 1. The maximum Gasteiger partial charge on any atom is 0.164 e. The van der Waals surface area contributed by atoms with Gasteiger partial charge in [-0.2, -0.15) is 0 Å². The van der Waals surface area contributed by atoms with E-state index in [1.807, 2.05) is 12.1 Å². The van der Waals surface area contributed by atoms with Crippen LogP contribution in [-0.4, -0.2) is 45.4 Å². The Balaban J connectivity index is 2.22. The number of ether oxygens (including phenoxy) is 3. The zero-order valence-electron chi connectivity index (χ0n) is 13.4. The summed E-state index contributed by atoms with van der Waals surface area (Å²) in [6.45, 7) is 5.03. The van der Waals surface area contributed by atoms with E-state index in [1.54, 1.807) is 21.3 Å². The largest absolute Gasteiger partial charge is 0.496 e. The highest BCUT2D eigenvalue weighted by atomic mass is 16.5. The molecule has 1 aromatic carbocycles. The molecule has 1 fully saturated rings. The lowest BCUT2D eigenvalue weighted by Crippen LogP contribution is -2.45. The predicted octanol–water partition coefficient (Wildman–Crippen LogP) is 1.88. The molecule has 1 aromatic rings. The number of hydrogen-bond acceptors (Lipinski definition) is 5. The van der Waals surface area contributed by atoms with E-state index in [4.69, 9.17) is 19.9 Å². The molecular formula is C16H26N2O3. The highest BCUT2D eigenvalue weighted by Gasteiger charge is 2.23. The normalized spacial score (nSPS) is 22.9. The maximum atomic E-state index is 6.12. The molecule has 0 saturated carbocycles. The van der Waals surface area contributed by atoms with Gasteiger partial charge in [0.25, 0.3) is 0 Å². The van der Waals surface area contributed by atoms with Gasteiger partial charge in [0.2, 0.25) is 0 Å². The molecule has 0 radical (unpaired) electrons. The van der Waals surface area contributed by atoms with Crippen LogP contribution in [0.1, 0.15) is 18.9 Å². The standard InChI is InChI=1S/C16H26N2O3/c1-11-5-13(17)10-18(8-11)9-12-6-15(20-3)16(21-4)7-14(12)19-2/h6-7,11,13H,5,8-10,17H2,1-4H3. The summed E-state index contributed by atoms with van der Waals surface area (Å²) in [4.78, 5) is 2.38. The topological polar surface area (TPSA) is 57.0 Å². The molecule has 1 aliphatic heterocycles. The summed E-state index contributed by atoms with van der Waals surface area (Å²) >= 11 is 0. The van der Waals surface area contributed by atoms with E-state index in [1.165, 1.54) is 0 Å². The molecule has 118 valence electrons. The quantitative estimate of drug-likeness (QED) is 0.898. The first-order valence-electron chi connectivity index (χ1n) is 7.34. The smallest absolute Gasteiger partial charge is 0.164 e. The Labute approximate surface area is 127 Å². The first kappa shape index (κ1) is 15.9. The first-order chi connectivity index (χ1) is 10.1. The number of rotatable bonds is 5. The predicted molar refractivity (Wildman–Crippen MR) is 83.1 cm³/mol. The molecule has 5 nitrogen and oxygen atoms in total. The van der Waals surface area contributed by atoms with Crippen molar-refractivity contribution in [2.75, 3.05) is 34.4 Å². The fourth-order valence-electron chi connectivity index (χ4n) is 3.10. The van der Waals surface area contributed by atoms with Crippen molar-refractivity contribution in [3.63, 3.8) is 0 Å². The molecular weight excluding hydrogens is 268 g/mol. The van der Waals surface area contributed by atoms with Gasteiger partial charge in [0.05, 0.1) is 21.3 Å². The summed E-state index contributed by atoms with van der Waals surface area (Å²) in [5, 5.41) is 0. The Morgan fingerprint density at radius 3 is 2.24 bits per heavy atom. The lowest BCUT2D eigenvalue weighted by molar-refractivity contribution is 0.157. The molecule has 0 spiro atoms. The summed E-state index contributed by atoms with van der Waals surface area (Å²) < 4.78 is 16.2. The summed E-state index contributed by atoms with van der Waals surface area (Å²) in [6, 6.07) is 4.11. The molecule has 2 rings (SSSR count). The third-order valence-corrected chi connectivity index (χ3v) is 3.95. The number of methoxy groups -OCH3 is 3. The summed E-state index contributed by atoms with van der Waals surface area (Å²) in [5.74, 6) is 2.85. The van der Waals surface area contributed by atoms with Crippen molar-refractivity contribution >= 4 is 0 Å². The molecule has 5 heteroatoms. The molecule has 0 aromatic heterocycles. The minimum atomic E-state index is 0.250. The molecule has 0 amide bonds. The lowest BCUT2D eigenvalue weighted by Gasteiger charge is -2.35. The fraction of sp³-hybridized carbons (Fsp3) is 0.625. The van der Waals surface area contributed by atoms with E-state index in [2.05, 4.69) is 11.8 Å². The Bertz CT molecular complexity index is 469. The number of likely N-dealkylation sites (tertiary alicyclic amines) is 1. The first-order valence-corrected chi connectivity index (χ1v) is 7.34. The molecule has 2 N–H and O–H groups in total. The SMILES string of the molecule is COc1cc(OC)c(OC)cc1CN1CC(C)CC(N)C1. The number of nitrogens with two attached hydrogens (primary N) is 1. The zero-order valence-corrected chi connectivity index (χ0v) is 13.4. The van der Waals surface area contributed by atoms with Gasteiger partial charge in [-0.3, -0.25) is 4.90 Å². The Morgan fingerprint density at radius 2 is 1.67 bits per heavy atom. The zero-order chi connectivity index (χ0) is 15.4. The van der Waals surface area contributed by atoms with E-state index in [0.29, 0.717) is 11.7 Å². The van der Waals surface area contributed by atoms with Gasteiger partial charge < -0.3 is 19.9 Å². The van der Waals surface area contributed by atoms with Gasteiger partial charge in [-0.1, -0.05) is 6.92 Å². The molecule has 1 heterocycles. The van der Waals surface area contributed by atoms with Crippen LogP contribution >= 0.6 is 0 Å². The minimum Gasteiger partial charge on any atom is -0.496 e. The van der Waals surface area contributed by atoms with Crippen LogP contribution in [-0.2, 0) is 6.54 Å². The molecule has 21 heavy (non-hydrogen) atoms. The van der Waals surface area contributed by atoms with Crippen LogP contribution in [0.2, 0.25) is 0 Å². The van der Waals surface area contributed by atoms with Crippen molar-refractivity contribution in [1.82, 2.24) is 4.90 Å². The Hall–Kier alpha value is -1.46. The molecule has 0 aliphatic carbocycles. The molecule has 2 unspecified atom stereocenters. The van der Waals surface area contributed by atoms with Crippen LogP contribution < -0.4 is 19.9 Å². The van der Waals surface area contributed by atoms with Crippen molar-refractivity contribution in [2.24, 2.45) is 11.7 Å². The van der Waals surface area contributed by atoms with Crippen LogP contribution in [0.15, 0.2) is 12.1 Å². The van der Waals surface area contributed by atoms with E-state index in [9.17, 15) is 0 Å². The second-order valence-electron chi connectivity index (χ2n) is 5.81. The highest BCUT2D eigenvalue weighted by molar-refractivity contribution is 5.50. The van der Waals surface area contributed by atoms with Crippen molar-refractivity contribution in [3.8, 4) is 17.2 Å². The monoisotopic (exact) mass is 294 g/mol. The van der Waals surface area contributed by atoms with E-state index < -0.39 is 0 Å². The van der Waals surface area contributed by atoms with Gasteiger partial charge in [-0.15, -0.1) is 0 Å². The van der Waals surface area contributed by atoms with Gasteiger partial charge in [-0.25, -0.2) is 0 Å². The van der Waals surface area contributed by atoms with Crippen molar-refractivity contribution in [2.45, 2.75) is 25.9 Å². The van der Waals surface area contributed by atoms with Gasteiger partial charge in [0.15, 0.2) is 11.5 Å². The molecule has 0 bridgehead atoms. The number of nitrogens with zero attached hydrogens (tertiary/aromatic N) is 1. The van der Waals surface area contributed by atoms with E-state index >= 15 is 0 Å². The van der Waals surface area contributed by atoms with E-state index in [0.717, 1.165) is 43.1 Å². The Morgan fingerprint density at radius 1 is 1.05 bits per heavy atom. The third kappa shape index (κ3) is 3.80. The van der Waals surface area contributed by atoms with Gasteiger partial charge >= 0.3 is 0 Å². The average molecular weight is 294 g/mol. The van der Waals surface area contributed by atoms with Crippen molar-refractivity contribution in [1.29, 1.82) is 0 Å². The third-order valence-electron chi connectivity index (χ3n) is 3.95. The maximum absolute atomic E-state index is 6.12. The van der Waals surface area contributed by atoms with E-state index in [-0.39, 0.29) is 6.04 Å². The molecule has 1 aliphatic rings. The summed E-state index contributed by atoms with van der Waals surface area (Å²) in [5.41, 5.74) is 7.22. The lowest BCUT2D eigenvalue weighted by atomic mass is 9.96. The number of hydrogen-bond donors (Lipinski definition) is 1. The van der Waals surface area contributed by atoms with Crippen molar-refractivity contribution < 1.29 is 14.2 Å². The second kappa shape index (κ2) is 7.00. The van der Waals surface area contributed by atoms with Crippen LogP contribution in [0.5, 0.6) is 17.2 Å². The van der Waals surface area contributed by atoms with Crippen LogP contribution in [0.3, 0.4) is 0 Å². The fourth-order valence-corrected chi connectivity index (χ4v) is 3.10. The van der Waals surface area contributed by atoms with Crippen LogP contribution in [0.4, 0.5) is 0 Å². The van der Waals surface area contributed by atoms with Crippen LogP contribution in [0, 0.1) is 5.92 Å².